The van der Waals surface area contributed by atoms with Crippen molar-refractivity contribution in [3.05, 3.63) is 0 Å². The van der Waals surface area contributed by atoms with Crippen molar-refractivity contribution in [2.45, 2.75) is 12.8 Å². The molecule has 0 aromatic heterocycles. The van der Waals surface area contributed by atoms with Crippen LogP contribution in [0.2, 0.25) is 0 Å². The van der Waals surface area contributed by atoms with Crippen molar-refractivity contribution in [1.29, 1.82) is 0 Å². The van der Waals surface area contributed by atoms with Crippen LogP contribution < -0.4 is 24.8 Å². The van der Waals surface area contributed by atoms with Gasteiger partial charge in [0.05, 0.1) is 61.7 Å². The van der Waals surface area contributed by atoms with E-state index in [0.717, 1.165) is 11.0 Å². The predicted molar refractivity (Wildman–Crippen MR) is 84.2 cm³/mol. The predicted octanol–water partition coefficient (Wildman–Crippen LogP) is -7.38. The third-order valence-corrected chi connectivity index (χ3v) is 2.58. The minimum Gasteiger partial charge on any atom is -1.00 e. The maximum absolute atomic E-state index is 11.4. The quantitative estimate of drug-likeness (QED) is 0.284. The van der Waals surface area contributed by atoms with Crippen LogP contribution in [0, 0.1) is 0 Å². The summed E-state index contributed by atoms with van der Waals surface area (Å²) in [4.78, 5) is 22.8. The van der Waals surface area contributed by atoms with Crippen LogP contribution in [-0.2, 0) is 19.1 Å². The molecule has 0 rings (SSSR count). The molecule has 0 saturated heterocycles. The first-order valence-corrected chi connectivity index (χ1v) is 6.92. The highest BCUT2D eigenvalue weighted by molar-refractivity contribution is 5.71. The molecule has 0 saturated carbocycles. The Hall–Kier alpha value is -0.640. The zero-order valence-electron chi connectivity index (χ0n) is 15.5. The lowest BCUT2D eigenvalue weighted by atomic mass is 10.4. The number of nitrogens with zero attached hydrogens (tertiary/aromatic N) is 2. The first kappa shape index (κ1) is 34.6. The molecule has 0 aromatic rings. The van der Waals surface area contributed by atoms with Gasteiger partial charge >= 0.3 is 11.9 Å². The van der Waals surface area contributed by atoms with Gasteiger partial charge in [0, 0.05) is 0 Å². The first-order chi connectivity index (χ1) is 8.99. The molecule has 0 unspecified atom stereocenters. The van der Waals surface area contributed by atoms with E-state index >= 15 is 0 Å². The van der Waals surface area contributed by atoms with Gasteiger partial charge in [-0.3, -0.25) is 9.59 Å². The second-order valence-corrected chi connectivity index (χ2v) is 6.97. The molecule has 0 aromatic carbocycles. The maximum atomic E-state index is 11.4. The summed E-state index contributed by atoms with van der Waals surface area (Å²) < 4.78 is 11.5. The Kier molecular flexibility index (Phi) is 22.9. The van der Waals surface area contributed by atoms with E-state index in [-0.39, 0.29) is 60.7 Å². The van der Waals surface area contributed by atoms with Crippen molar-refractivity contribution in [2.75, 3.05) is 68.6 Å². The second-order valence-electron chi connectivity index (χ2n) is 6.97. The average Bonchev–Trinajstić information content (AvgIpc) is 2.23. The van der Waals surface area contributed by atoms with Crippen molar-refractivity contribution in [3.63, 3.8) is 0 Å². The van der Waals surface area contributed by atoms with Gasteiger partial charge in [0.15, 0.2) is 0 Å². The van der Waals surface area contributed by atoms with E-state index < -0.39 is 0 Å². The normalized spacial score (nSPS) is 10.1. The zero-order valence-corrected chi connectivity index (χ0v) is 17.0. The lowest BCUT2D eigenvalue weighted by Gasteiger charge is -2.23. The van der Waals surface area contributed by atoms with Gasteiger partial charge in [-0.15, -0.1) is 0 Å². The van der Waals surface area contributed by atoms with Gasteiger partial charge in [0.1, 0.15) is 19.8 Å². The van der Waals surface area contributed by atoms with Crippen molar-refractivity contribution in [3.8, 4) is 0 Å². The largest absolute Gasteiger partial charge is 1.00 e. The van der Waals surface area contributed by atoms with Gasteiger partial charge < -0.3 is 54.2 Å². The summed E-state index contributed by atoms with van der Waals surface area (Å²) >= 11 is 0. The van der Waals surface area contributed by atoms with E-state index in [2.05, 4.69) is 0 Å². The number of rotatable bonds is 9. The highest BCUT2D eigenvalue weighted by atomic mass is 35.5. The molecule has 0 amide bonds. The summed E-state index contributed by atoms with van der Waals surface area (Å²) in [7, 11) is 12.1. The van der Waals surface area contributed by atoms with Crippen LogP contribution in [0.5, 0.6) is 0 Å². The fraction of sp³-hybridized carbons (Fsp3) is 0.857. The standard InChI is InChI=1S/C14H30N2O4.2ClH.2H2O/c1-15(2,3)9-7-13(17)19-11-8-14(18)20-12-10-16(4,5)6;;;;/h7-12H2,1-6H3;2*1H;2*1H2/q+2;;;;/p-2. The topological polar surface area (TPSA) is 116 Å². The lowest BCUT2D eigenvalue weighted by Crippen LogP contribution is -3.00. The summed E-state index contributed by atoms with van der Waals surface area (Å²) in [6, 6.07) is 0. The van der Waals surface area contributed by atoms with Gasteiger partial charge in [-0.2, -0.15) is 0 Å². The summed E-state index contributed by atoms with van der Waals surface area (Å²) in [6.07, 6.45) is 0.479. The molecule has 0 fully saturated rings. The van der Waals surface area contributed by atoms with Gasteiger partial charge in [0.2, 0.25) is 0 Å². The van der Waals surface area contributed by atoms with Gasteiger partial charge in [-0.25, -0.2) is 0 Å². The minimum atomic E-state index is -0.321. The zero-order chi connectivity index (χ0) is 15.8. The van der Waals surface area contributed by atoms with Crippen LogP contribution in [0.3, 0.4) is 0 Å². The van der Waals surface area contributed by atoms with Crippen LogP contribution in [0.4, 0.5) is 0 Å². The molecule has 0 atom stereocenters. The van der Waals surface area contributed by atoms with Gasteiger partial charge in [-0.1, -0.05) is 0 Å². The molecule has 0 heterocycles. The Balaban J connectivity index is -0.000000301. The monoisotopic (exact) mass is 396 g/mol. The smallest absolute Gasteiger partial charge is 0.311 e. The Morgan fingerprint density at radius 1 is 0.667 bits per heavy atom. The van der Waals surface area contributed by atoms with Crippen molar-refractivity contribution < 1.29 is 63.8 Å². The molecule has 8 nitrogen and oxygen atoms in total. The van der Waals surface area contributed by atoms with Gasteiger partial charge in [-0.05, 0) is 0 Å². The Morgan fingerprint density at radius 3 is 1.46 bits per heavy atom. The van der Waals surface area contributed by atoms with Crippen molar-refractivity contribution in [1.82, 2.24) is 0 Å². The fourth-order valence-corrected chi connectivity index (χ4v) is 1.25. The summed E-state index contributed by atoms with van der Waals surface area (Å²) in [5.41, 5.74) is 0. The van der Waals surface area contributed by atoms with E-state index in [0.29, 0.717) is 24.1 Å². The highest BCUT2D eigenvalue weighted by Crippen LogP contribution is 1.97. The van der Waals surface area contributed by atoms with Crippen LogP contribution in [0.15, 0.2) is 0 Å². The molecular formula is C14H34Cl2N2O6. The third-order valence-electron chi connectivity index (χ3n) is 2.58. The third kappa shape index (κ3) is 26.3. The summed E-state index contributed by atoms with van der Waals surface area (Å²) in [6.45, 7) is 1.96. The molecule has 10 heteroatoms. The number of hydrogen-bond acceptors (Lipinski definition) is 4. The lowest BCUT2D eigenvalue weighted by molar-refractivity contribution is -0.870. The van der Waals surface area contributed by atoms with E-state index in [9.17, 15) is 9.59 Å². The number of hydrogen-bond donors (Lipinski definition) is 0. The number of halogens is 2. The average molecular weight is 397 g/mol. The number of esters is 2. The SMILES string of the molecule is C[N+](C)(C)CCOC(=O)CCOC(=O)CC[N+](C)(C)C.O.O.[Cl-].[Cl-]. The van der Waals surface area contributed by atoms with Crippen LogP contribution in [0.1, 0.15) is 12.8 Å². The molecule has 0 aliphatic carbocycles. The molecule has 150 valence electrons. The Morgan fingerprint density at radius 2 is 1.04 bits per heavy atom. The maximum Gasteiger partial charge on any atom is 0.311 e. The molecule has 0 bridgehead atoms. The number of carbonyl (C=O) groups excluding carboxylic acids is 2. The van der Waals surface area contributed by atoms with Crippen LogP contribution >= 0.6 is 0 Å². The number of quaternary nitrogens is 2. The van der Waals surface area contributed by atoms with E-state index in [1.807, 2.05) is 42.3 Å². The van der Waals surface area contributed by atoms with Gasteiger partial charge in [0.25, 0.3) is 0 Å². The van der Waals surface area contributed by atoms with Crippen molar-refractivity contribution in [2.24, 2.45) is 0 Å². The molecule has 0 aliphatic heterocycles. The Labute approximate surface area is 157 Å². The van der Waals surface area contributed by atoms with Crippen molar-refractivity contribution >= 4 is 11.9 Å². The molecule has 24 heavy (non-hydrogen) atoms. The van der Waals surface area contributed by atoms with E-state index in [4.69, 9.17) is 9.47 Å². The molecular weight excluding hydrogens is 363 g/mol. The molecule has 0 spiro atoms. The molecule has 0 aliphatic rings. The van der Waals surface area contributed by atoms with Crippen LogP contribution in [-0.4, -0.2) is 100 Å². The van der Waals surface area contributed by atoms with E-state index in [1.54, 1.807) is 0 Å². The fourth-order valence-electron chi connectivity index (χ4n) is 1.25. The summed E-state index contributed by atoms with van der Waals surface area (Å²) in [5, 5.41) is 0. The number of ether oxygens (including phenoxy) is 2. The number of carbonyl (C=O) groups is 2. The van der Waals surface area contributed by atoms with E-state index in [1.165, 1.54) is 0 Å². The second kappa shape index (κ2) is 15.9. The molecule has 4 N–H and O–H groups in total. The minimum absolute atomic E-state index is 0. The summed E-state index contributed by atoms with van der Waals surface area (Å²) in [5.74, 6) is -0.588. The Bertz CT molecular complexity index is 330. The number of likely N-dealkylation sites (N-methyl/N-ethyl adjacent to an activating group) is 1. The van der Waals surface area contributed by atoms with Crippen LogP contribution in [0.25, 0.3) is 0 Å². The highest BCUT2D eigenvalue weighted by Gasteiger charge is 2.13. The molecule has 0 radical (unpaired) electrons. The first-order valence-electron chi connectivity index (χ1n) is 6.92.